The van der Waals surface area contributed by atoms with Crippen LogP contribution in [-0.2, 0) is 6.42 Å². The Hall–Kier alpha value is -0.500. The van der Waals surface area contributed by atoms with Gasteiger partial charge in [-0.25, -0.2) is 0 Å². The van der Waals surface area contributed by atoms with Crippen molar-refractivity contribution in [3.8, 4) is 0 Å². The molecule has 2 heteroatoms. The van der Waals surface area contributed by atoms with Gasteiger partial charge in [0.15, 0.2) is 0 Å². The van der Waals surface area contributed by atoms with Crippen molar-refractivity contribution in [3.63, 3.8) is 0 Å². The van der Waals surface area contributed by atoms with E-state index in [4.69, 9.17) is 5.73 Å². The second-order valence-corrected chi connectivity index (χ2v) is 3.06. The Bertz CT molecular complexity index is 233. The summed E-state index contributed by atoms with van der Waals surface area (Å²) in [5.41, 5.74) is 7.75. The molecule has 0 aliphatic carbocycles. The van der Waals surface area contributed by atoms with Gasteiger partial charge in [-0.05, 0) is 40.0 Å². The lowest BCUT2D eigenvalue weighted by atomic mass is 10.1. The van der Waals surface area contributed by atoms with E-state index < -0.39 is 0 Å². The molecule has 0 fully saturated rings. The van der Waals surface area contributed by atoms with Crippen molar-refractivity contribution in [2.75, 3.05) is 5.73 Å². The summed E-state index contributed by atoms with van der Waals surface area (Å²) in [4.78, 5) is 0. The summed E-state index contributed by atoms with van der Waals surface area (Å²) in [5.74, 6) is 0. The number of nitrogens with two attached hydrogens (primary N) is 1. The third-order valence-corrected chi connectivity index (χ3v) is 2.19. The van der Waals surface area contributed by atoms with Gasteiger partial charge in [-0.3, -0.25) is 0 Å². The van der Waals surface area contributed by atoms with Gasteiger partial charge >= 0.3 is 0 Å². The number of hydrogen-bond donors (Lipinski definition) is 1. The van der Waals surface area contributed by atoms with Gasteiger partial charge in [0.2, 0.25) is 0 Å². The molecule has 0 heterocycles. The van der Waals surface area contributed by atoms with Gasteiger partial charge in [0.1, 0.15) is 0 Å². The Labute approximate surface area is 69.4 Å². The smallest absolute Gasteiger partial charge is 0.0461 e. The minimum absolute atomic E-state index is 0.819. The molecule has 1 rings (SSSR count). The molecule has 0 bridgehead atoms. The van der Waals surface area contributed by atoms with Crippen LogP contribution in [-0.4, -0.2) is 0 Å². The minimum atomic E-state index is 0.819. The summed E-state index contributed by atoms with van der Waals surface area (Å²) in [6.45, 7) is 2.11. The lowest BCUT2D eigenvalue weighted by molar-refractivity contribution is 1.14. The van der Waals surface area contributed by atoms with E-state index >= 15 is 0 Å². The Morgan fingerprint density at radius 1 is 1.50 bits per heavy atom. The van der Waals surface area contributed by atoms with Crippen LogP contribution >= 0.6 is 15.9 Å². The lowest BCUT2D eigenvalue weighted by Gasteiger charge is -1.99. The first kappa shape index (κ1) is 7.61. The first-order chi connectivity index (χ1) is 4.74. The van der Waals surface area contributed by atoms with Gasteiger partial charge in [0, 0.05) is 10.2 Å². The van der Waals surface area contributed by atoms with Crippen LogP contribution in [0.4, 0.5) is 5.69 Å². The van der Waals surface area contributed by atoms with Crippen LogP contribution in [0.25, 0.3) is 0 Å². The van der Waals surface area contributed by atoms with Gasteiger partial charge in [0.05, 0.1) is 0 Å². The van der Waals surface area contributed by atoms with Crippen molar-refractivity contribution in [2.24, 2.45) is 0 Å². The topological polar surface area (TPSA) is 26.0 Å². The molecule has 1 aromatic rings. The van der Waals surface area contributed by atoms with Gasteiger partial charge < -0.3 is 5.73 Å². The molecule has 2 N–H and O–H groups in total. The zero-order valence-corrected chi connectivity index (χ0v) is 7.48. The van der Waals surface area contributed by atoms with Crippen molar-refractivity contribution in [1.82, 2.24) is 0 Å². The van der Waals surface area contributed by atoms with Crippen LogP contribution in [0.5, 0.6) is 0 Å². The predicted molar refractivity (Wildman–Crippen MR) is 47.9 cm³/mol. The van der Waals surface area contributed by atoms with E-state index in [0.717, 1.165) is 16.6 Å². The molecule has 0 aromatic heterocycles. The maximum absolute atomic E-state index is 5.65. The maximum atomic E-state index is 5.65. The fourth-order valence-corrected chi connectivity index (χ4v) is 1.06. The quantitative estimate of drug-likeness (QED) is 0.692. The molecule has 54 valence electrons. The van der Waals surface area contributed by atoms with E-state index in [9.17, 15) is 0 Å². The molecule has 0 aliphatic heterocycles. The molecule has 1 nitrogen and oxygen atoms in total. The second-order valence-electron chi connectivity index (χ2n) is 2.21. The second kappa shape index (κ2) is 3.06. The number of nitrogen functional groups attached to an aromatic ring is 1. The zero-order chi connectivity index (χ0) is 7.56. The molecule has 10 heavy (non-hydrogen) atoms. The molecule has 0 radical (unpaired) electrons. The Morgan fingerprint density at radius 3 is 2.70 bits per heavy atom. The number of halogens is 1. The van der Waals surface area contributed by atoms with Crippen LogP contribution in [0.3, 0.4) is 0 Å². The highest BCUT2D eigenvalue weighted by Crippen LogP contribution is 2.20. The monoisotopic (exact) mass is 199 g/mol. The predicted octanol–water partition coefficient (Wildman–Crippen LogP) is 2.59. The maximum Gasteiger partial charge on any atom is 0.0461 e. The van der Waals surface area contributed by atoms with E-state index in [1.54, 1.807) is 0 Å². The highest BCUT2D eigenvalue weighted by Gasteiger charge is 1.94. The van der Waals surface area contributed by atoms with Crippen LogP contribution in [0.2, 0.25) is 0 Å². The van der Waals surface area contributed by atoms with Crippen LogP contribution in [0.1, 0.15) is 12.5 Å². The van der Waals surface area contributed by atoms with Crippen LogP contribution < -0.4 is 5.73 Å². The molecule has 0 saturated heterocycles. The molecule has 0 aliphatic rings. The SMILES string of the molecule is CCc1ccc(Br)c(N)c1. The summed E-state index contributed by atoms with van der Waals surface area (Å²) in [5, 5.41) is 0. The Morgan fingerprint density at radius 2 is 2.20 bits per heavy atom. The summed E-state index contributed by atoms with van der Waals surface area (Å²) < 4.78 is 0.977. The van der Waals surface area contributed by atoms with Crippen molar-refractivity contribution < 1.29 is 0 Å². The summed E-state index contributed by atoms with van der Waals surface area (Å²) >= 11 is 3.33. The highest BCUT2D eigenvalue weighted by molar-refractivity contribution is 9.10. The fourth-order valence-electron chi connectivity index (χ4n) is 0.813. The third-order valence-electron chi connectivity index (χ3n) is 1.47. The molecule has 0 spiro atoms. The average Bonchev–Trinajstić information content (AvgIpc) is 1.95. The van der Waals surface area contributed by atoms with Crippen molar-refractivity contribution in [2.45, 2.75) is 13.3 Å². The number of hydrogen-bond acceptors (Lipinski definition) is 1. The van der Waals surface area contributed by atoms with Crippen molar-refractivity contribution in [3.05, 3.63) is 28.2 Å². The molecule has 0 unspecified atom stereocenters. The van der Waals surface area contributed by atoms with E-state index in [1.807, 2.05) is 12.1 Å². The lowest BCUT2D eigenvalue weighted by Crippen LogP contribution is -1.88. The van der Waals surface area contributed by atoms with E-state index in [1.165, 1.54) is 5.56 Å². The van der Waals surface area contributed by atoms with Gasteiger partial charge in [-0.2, -0.15) is 0 Å². The summed E-state index contributed by atoms with van der Waals surface area (Å²) in [6, 6.07) is 6.04. The first-order valence-corrected chi connectivity index (χ1v) is 4.07. The Balaban J connectivity index is 3.04. The summed E-state index contributed by atoms with van der Waals surface area (Å²) in [7, 11) is 0. The standard InChI is InChI=1S/C8H10BrN/c1-2-6-3-4-7(9)8(10)5-6/h3-5H,2,10H2,1H3. The molecule has 0 amide bonds. The van der Waals surface area contributed by atoms with Crippen LogP contribution in [0.15, 0.2) is 22.7 Å². The third kappa shape index (κ3) is 1.51. The minimum Gasteiger partial charge on any atom is -0.398 e. The van der Waals surface area contributed by atoms with Crippen LogP contribution in [0, 0.1) is 0 Å². The first-order valence-electron chi connectivity index (χ1n) is 3.28. The molecule has 0 saturated carbocycles. The van der Waals surface area contributed by atoms with Gasteiger partial charge in [0.25, 0.3) is 0 Å². The molecular formula is C8H10BrN. The highest BCUT2D eigenvalue weighted by atomic mass is 79.9. The summed E-state index contributed by atoms with van der Waals surface area (Å²) in [6.07, 6.45) is 1.04. The van der Waals surface area contributed by atoms with Crippen molar-refractivity contribution >= 4 is 21.6 Å². The van der Waals surface area contributed by atoms with Crippen molar-refractivity contribution in [1.29, 1.82) is 0 Å². The number of benzene rings is 1. The normalized spacial score (nSPS) is 9.80. The number of rotatable bonds is 1. The van der Waals surface area contributed by atoms with Gasteiger partial charge in [-0.1, -0.05) is 13.0 Å². The number of aryl methyl sites for hydroxylation is 1. The van der Waals surface area contributed by atoms with E-state index in [0.29, 0.717) is 0 Å². The van der Waals surface area contributed by atoms with E-state index in [-0.39, 0.29) is 0 Å². The van der Waals surface area contributed by atoms with E-state index in [2.05, 4.69) is 28.9 Å². The molecular weight excluding hydrogens is 190 g/mol. The fraction of sp³-hybridized carbons (Fsp3) is 0.250. The zero-order valence-electron chi connectivity index (χ0n) is 5.89. The molecule has 0 atom stereocenters. The molecule has 1 aromatic carbocycles. The van der Waals surface area contributed by atoms with Gasteiger partial charge in [-0.15, -0.1) is 0 Å². The Kier molecular flexibility index (Phi) is 2.33. The largest absolute Gasteiger partial charge is 0.398 e. The number of anilines is 1. The average molecular weight is 200 g/mol.